The van der Waals surface area contributed by atoms with E-state index < -0.39 is 53.8 Å². The lowest BCUT2D eigenvalue weighted by Gasteiger charge is -2.28. The Hall–Kier alpha value is -4.72. The number of hydrogen-bond donors (Lipinski definition) is 8. The summed E-state index contributed by atoms with van der Waals surface area (Å²) in [5, 5.41) is 27.4. The van der Waals surface area contributed by atoms with Crippen molar-refractivity contribution in [1.29, 1.82) is 0 Å². The van der Waals surface area contributed by atoms with Gasteiger partial charge in [0.15, 0.2) is 0 Å². The number of H-pyrrole nitrogens is 2. The van der Waals surface area contributed by atoms with Gasteiger partial charge in [0.1, 0.15) is 18.1 Å². The maximum atomic E-state index is 13.5. The highest BCUT2D eigenvalue weighted by atomic mass is 16.4. The van der Waals surface area contributed by atoms with E-state index in [1.807, 2.05) is 31.2 Å². The lowest BCUT2D eigenvalue weighted by Crippen LogP contribution is -2.59. The third-order valence-electron chi connectivity index (χ3n) is 7.12. The monoisotopic (exact) mass is 583 g/mol. The van der Waals surface area contributed by atoms with E-state index in [0.717, 1.165) is 10.9 Å². The van der Waals surface area contributed by atoms with E-state index in [4.69, 9.17) is 10.8 Å². The molecule has 0 aliphatic rings. The average Bonchev–Trinajstić information content (AvgIpc) is 3.63. The van der Waals surface area contributed by atoms with Crippen molar-refractivity contribution in [1.82, 2.24) is 30.9 Å². The number of hydrogen-bond acceptors (Lipinski definition) is 7. The molecule has 0 bridgehead atoms. The van der Waals surface area contributed by atoms with Crippen molar-refractivity contribution < 1.29 is 34.2 Å². The SMILES string of the molecule is CCC(C)C(NC(=O)C(N)CCC(=O)O)C(=O)NC(Cc1cnc[nH]1)C(=O)NC(Cc1c[nH]c2ccccc12)C(=O)O. The number of nitrogens with two attached hydrogens (primary N) is 1. The number of carbonyl (C=O) groups excluding carboxylic acids is 3. The van der Waals surface area contributed by atoms with Crippen LogP contribution in [-0.4, -0.2) is 79.0 Å². The third-order valence-corrected chi connectivity index (χ3v) is 7.12. The van der Waals surface area contributed by atoms with Crippen molar-refractivity contribution in [2.24, 2.45) is 11.7 Å². The molecule has 5 unspecified atom stereocenters. The Balaban J connectivity index is 1.78. The first-order valence-corrected chi connectivity index (χ1v) is 13.6. The van der Waals surface area contributed by atoms with E-state index in [9.17, 15) is 29.1 Å². The summed E-state index contributed by atoms with van der Waals surface area (Å²) in [6.45, 7) is 3.55. The quantitative estimate of drug-likeness (QED) is 0.117. The van der Waals surface area contributed by atoms with E-state index in [-0.39, 0.29) is 31.6 Å². The molecule has 0 aliphatic heterocycles. The smallest absolute Gasteiger partial charge is 0.326 e. The maximum Gasteiger partial charge on any atom is 0.326 e. The van der Waals surface area contributed by atoms with Crippen LogP contribution in [0.5, 0.6) is 0 Å². The fraction of sp³-hybridized carbons (Fsp3) is 0.429. The molecular formula is C28H37N7O7. The molecule has 0 spiro atoms. The number of amides is 3. The van der Waals surface area contributed by atoms with E-state index >= 15 is 0 Å². The molecule has 0 saturated carbocycles. The summed E-state index contributed by atoms with van der Waals surface area (Å²) in [6.07, 6.45) is 4.60. The lowest BCUT2D eigenvalue weighted by molar-refractivity contribution is -0.142. The summed E-state index contributed by atoms with van der Waals surface area (Å²) < 4.78 is 0. The van der Waals surface area contributed by atoms with Gasteiger partial charge in [-0.2, -0.15) is 0 Å². The van der Waals surface area contributed by atoms with Crippen LogP contribution < -0.4 is 21.7 Å². The molecule has 14 heteroatoms. The highest BCUT2D eigenvalue weighted by Crippen LogP contribution is 2.19. The topological polar surface area (TPSA) is 232 Å². The van der Waals surface area contributed by atoms with Gasteiger partial charge in [0.05, 0.1) is 12.4 Å². The van der Waals surface area contributed by atoms with Crippen molar-refractivity contribution in [2.45, 2.75) is 70.1 Å². The van der Waals surface area contributed by atoms with E-state index in [0.29, 0.717) is 17.7 Å². The van der Waals surface area contributed by atoms with E-state index in [1.54, 1.807) is 13.1 Å². The Labute approximate surface area is 241 Å². The predicted octanol–water partition coefficient (Wildman–Crippen LogP) is 0.453. The van der Waals surface area contributed by atoms with Crippen LogP contribution in [-0.2, 0) is 36.8 Å². The molecule has 0 aliphatic carbocycles. The van der Waals surface area contributed by atoms with Crippen LogP contribution in [0.25, 0.3) is 10.9 Å². The molecule has 5 atom stereocenters. The molecule has 1 aromatic carbocycles. The van der Waals surface area contributed by atoms with Gasteiger partial charge in [-0.3, -0.25) is 19.2 Å². The van der Waals surface area contributed by atoms with Gasteiger partial charge in [-0.05, 0) is 24.0 Å². The van der Waals surface area contributed by atoms with E-state index in [1.165, 1.54) is 12.5 Å². The minimum atomic E-state index is -1.30. The summed E-state index contributed by atoms with van der Waals surface area (Å²) in [5.74, 6) is -4.84. The van der Waals surface area contributed by atoms with Crippen LogP contribution in [0.4, 0.5) is 0 Å². The molecule has 226 valence electrons. The Morgan fingerprint density at radius 1 is 0.952 bits per heavy atom. The molecule has 0 saturated heterocycles. The Kier molecular flexibility index (Phi) is 11.2. The van der Waals surface area contributed by atoms with Gasteiger partial charge in [-0.15, -0.1) is 0 Å². The van der Waals surface area contributed by atoms with Crippen LogP contribution >= 0.6 is 0 Å². The number of nitrogens with one attached hydrogen (secondary N) is 5. The van der Waals surface area contributed by atoms with Gasteiger partial charge in [-0.1, -0.05) is 38.5 Å². The molecule has 3 aromatic rings. The van der Waals surface area contributed by atoms with Gasteiger partial charge in [-0.25, -0.2) is 9.78 Å². The molecule has 3 rings (SSSR count). The molecule has 2 aromatic heterocycles. The molecule has 9 N–H and O–H groups in total. The number of imidazole rings is 1. The van der Waals surface area contributed by atoms with Crippen LogP contribution in [0, 0.1) is 5.92 Å². The van der Waals surface area contributed by atoms with Crippen LogP contribution in [0.3, 0.4) is 0 Å². The number of para-hydroxylation sites is 1. The van der Waals surface area contributed by atoms with Crippen molar-refractivity contribution in [3.63, 3.8) is 0 Å². The number of carboxylic acids is 2. The van der Waals surface area contributed by atoms with Gasteiger partial charge < -0.3 is 41.9 Å². The van der Waals surface area contributed by atoms with Crippen molar-refractivity contribution >= 4 is 40.6 Å². The van der Waals surface area contributed by atoms with Crippen molar-refractivity contribution in [2.75, 3.05) is 0 Å². The molecule has 0 radical (unpaired) electrons. The first-order chi connectivity index (χ1) is 20.0. The summed E-state index contributed by atoms with van der Waals surface area (Å²) >= 11 is 0. The van der Waals surface area contributed by atoms with Gasteiger partial charge in [0, 0.05) is 48.3 Å². The predicted molar refractivity (Wildman–Crippen MR) is 152 cm³/mol. The van der Waals surface area contributed by atoms with Crippen molar-refractivity contribution in [3.8, 4) is 0 Å². The number of aromatic amines is 2. The second kappa shape index (κ2) is 14.8. The molecule has 14 nitrogen and oxygen atoms in total. The highest BCUT2D eigenvalue weighted by Gasteiger charge is 2.33. The van der Waals surface area contributed by atoms with Crippen molar-refractivity contribution in [3.05, 3.63) is 54.2 Å². The highest BCUT2D eigenvalue weighted by molar-refractivity contribution is 5.94. The van der Waals surface area contributed by atoms with Gasteiger partial charge in [0.25, 0.3) is 0 Å². The Bertz CT molecular complexity index is 1390. The number of carbonyl (C=O) groups is 5. The van der Waals surface area contributed by atoms with Crippen LogP contribution in [0.15, 0.2) is 43.0 Å². The minimum absolute atomic E-state index is 0.00437. The number of aliphatic carboxylic acids is 2. The van der Waals surface area contributed by atoms with Gasteiger partial charge >= 0.3 is 11.9 Å². The fourth-order valence-electron chi connectivity index (χ4n) is 4.45. The zero-order chi connectivity index (χ0) is 30.8. The first kappa shape index (κ1) is 31.8. The number of nitrogens with zero attached hydrogens (tertiary/aromatic N) is 1. The summed E-state index contributed by atoms with van der Waals surface area (Å²) in [5.41, 5.74) is 7.87. The summed E-state index contributed by atoms with van der Waals surface area (Å²) in [6, 6.07) is 2.63. The number of carboxylic acid groups (broad SMARTS) is 2. The second-order valence-corrected chi connectivity index (χ2v) is 10.2. The number of rotatable bonds is 16. The maximum absolute atomic E-state index is 13.5. The fourth-order valence-corrected chi connectivity index (χ4v) is 4.45. The largest absolute Gasteiger partial charge is 0.481 e. The zero-order valence-corrected chi connectivity index (χ0v) is 23.4. The van der Waals surface area contributed by atoms with Gasteiger partial charge in [0.2, 0.25) is 17.7 Å². The molecule has 0 fully saturated rings. The van der Waals surface area contributed by atoms with Crippen LogP contribution in [0.2, 0.25) is 0 Å². The Morgan fingerprint density at radius 2 is 1.67 bits per heavy atom. The molecule has 2 heterocycles. The van der Waals surface area contributed by atoms with Crippen LogP contribution in [0.1, 0.15) is 44.4 Å². The molecule has 42 heavy (non-hydrogen) atoms. The molecule has 3 amide bonds. The minimum Gasteiger partial charge on any atom is -0.481 e. The number of benzene rings is 1. The van der Waals surface area contributed by atoms with E-state index in [2.05, 4.69) is 30.9 Å². The standard InChI is InChI=1S/C28H37N7O7/c1-3-15(2)24(35-25(38)19(29)8-9-23(36)37)27(40)33-21(11-17-13-30-14-32-17)26(39)34-22(28(41)42)10-16-12-31-20-7-5-4-6-18(16)20/h4-7,12-15,19,21-22,24,31H,3,8-11,29H2,1-2H3,(H,30,32)(H,33,40)(H,34,39)(H,35,38)(H,36,37)(H,41,42). The summed E-state index contributed by atoms with van der Waals surface area (Å²) in [4.78, 5) is 72.5. The Morgan fingerprint density at radius 3 is 2.31 bits per heavy atom. The number of aromatic nitrogens is 3. The average molecular weight is 584 g/mol. The summed E-state index contributed by atoms with van der Waals surface area (Å²) in [7, 11) is 0. The lowest BCUT2D eigenvalue weighted by atomic mass is 9.96. The third kappa shape index (κ3) is 8.64. The first-order valence-electron chi connectivity index (χ1n) is 13.6. The second-order valence-electron chi connectivity index (χ2n) is 10.2. The molecular weight excluding hydrogens is 546 g/mol. The normalized spacial score (nSPS) is 14.7. The number of fused-ring (bicyclic) bond motifs is 1. The zero-order valence-electron chi connectivity index (χ0n) is 23.4.